The molecule has 2 aromatic rings. The molecule has 0 bridgehead atoms. The Morgan fingerprint density at radius 3 is 2.64 bits per heavy atom. The molecule has 132 valence electrons. The normalized spacial score (nSPS) is 28.7. The van der Waals surface area contributed by atoms with Crippen molar-refractivity contribution in [3.8, 4) is 0 Å². The van der Waals surface area contributed by atoms with Crippen LogP contribution in [0, 0.1) is 5.92 Å². The second kappa shape index (κ2) is 6.93. The Hall–Kier alpha value is -1.64. The van der Waals surface area contributed by atoms with E-state index < -0.39 is 0 Å². The first-order valence-corrected chi connectivity index (χ1v) is 9.70. The second-order valence-electron chi connectivity index (χ2n) is 8.29. The maximum Gasteiger partial charge on any atom is 0.0611 e. The van der Waals surface area contributed by atoms with Crippen LogP contribution >= 0.6 is 0 Å². The number of aliphatic hydroxyl groups is 1. The average Bonchev–Trinajstić information content (AvgIpc) is 3.05. The third-order valence-corrected chi connectivity index (χ3v) is 6.36. The summed E-state index contributed by atoms with van der Waals surface area (Å²) in [5.74, 6) is 1.28. The van der Waals surface area contributed by atoms with E-state index in [9.17, 15) is 5.11 Å². The minimum Gasteiger partial charge on any atom is -0.394 e. The monoisotopic (exact) mass is 335 g/mol. The molecule has 2 unspecified atom stereocenters. The van der Waals surface area contributed by atoms with Crippen molar-refractivity contribution in [2.75, 3.05) is 6.61 Å². The largest absolute Gasteiger partial charge is 0.394 e. The highest BCUT2D eigenvalue weighted by molar-refractivity contribution is 5.37. The minimum absolute atomic E-state index is 0.107. The summed E-state index contributed by atoms with van der Waals surface area (Å²) in [5, 5.41) is 9.51. The highest BCUT2D eigenvalue weighted by Gasteiger charge is 2.36. The van der Waals surface area contributed by atoms with Crippen molar-refractivity contribution in [3.05, 3.63) is 70.8 Å². The lowest BCUT2D eigenvalue weighted by molar-refractivity contribution is 0.198. The summed E-state index contributed by atoms with van der Waals surface area (Å²) in [5.41, 5.74) is 11.9. The summed E-state index contributed by atoms with van der Waals surface area (Å²) in [4.78, 5) is 0. The standard InChI is InChI=1S/C23H29NO/c24-23(16-25)11-10-22(15-23)21-9-8-19-13-18(6-7-20(19)14-21)12-17-4-2-1-3-5-17/h1-5,8-9,14,18,22,25H,6-7,10-13,15-16,24H2/t18?,22-,23?/m0/s1. The fourth-order valence-electron chi connectivity index (χ4n) is 4.81. The fourth-order valence-corrected chi connectivity index (χ4v) is 4.81. The molecule has 0 spiro atoms. The number of fused-ring (bicyclic) bond motifs is 1. The molecule has 0 amide bonds. The molecule has 0 heterocycles. The number of hydrogen-bond donors (Lipinski definition) is 2. The van der Waals surface area contributed by atoms with Gasteiger partial charge in [-0.3, -0.25) is 0 Å². The molecule has 2 aliphatic carbocycles. The van der Waals surface area contributed by atoms with Gasteiger partial charge in [0.2, 0.25) is 0 Å². The third-order valence-electron chi connectivity index (χ3n) is 6.36. The first-order chi connectivity index (χ1) is 12.1. The zero-order valence-corrected chi connectivity index (χ0v) is 15.0. The maximum absolute atomic E-state index is 9.51. The van der Waals surface area contributed by atoms with Crippen LogP contribution in [0.15, 0.2) is 48.5 Å². The van der Waals surface area contributed by atoms with Gasteiger partial charge in [-0.1, -0.05) is 48.5 Å². The van der Waals surface area contributed by atoms with Gasteiger partial charge in [0.1, 0.15) is 0 Å². The van der Waals surface area contributed by atoms with Crippen molar-refractivity contribution in [1.82, 2.24) is 0 Å². The van der Waals surface area contributed by atoms with E-state index in [-0.39, 0.29) is 12.1 Å². The Bertz CT molecular complexity index is 726. The molecule has 2 heteroatoms. The summed E-state index contributed by atoms with van der Waals surface area (Å²) in [6.07, 6.45) is 7.83. The number of aryl methyl sites for hydroxylation is 1. The molecular formula is C23H29NO. The predicted octanol–water partition coefficient (Wildman–Crippen LogP) is 3.99. The van der Waals surface area contributed by atoms with E-state index in [2.05, 4.69) is 48.5 Å². The molecule has 1 saturated carbocycles. The Kier molecular flexibility index (Phi) is 4.66. The Labute approximate surface area is 151 Å². The molecule has 2 aromatic carbocycles. The molecule has 4 rings (SSSR count). The zero-order valence-electron chi connectivity index (χ0n) is 15.0. The minimum atomic E-state index is -0.360. The highest BCUT2D eigenvalue weighted by atomic mass is 16.3. The van der Waals surface area contributed by atoms with Crippen LogP contribution in [-0.2, 0) is 19.3 Å². The fraction of sp³-hybridized carbons (Fsp3) is 0.478. The van der Waals surface area contributed by atoms with Gasteiger partial charge in [-0.05, 0) is 79.0 Å². The molecule has 0 radical (unpaired) electrons. The lowest BCUT2D eigenvalue weighted by Crippen LogP contribution is -2.40. The molecule has 3 N–H and O–H groups in total. The summed E-state index contributed by atoms with van der Waals surface area (Å²) in [7, 11) is 0. The van der Waals surface area contributed by atoms with Gasteiger partial charge >= 0.3 is 0 Å². The topological polar surface area (TPSA) is 46.2 Å². The van der Waals surface area contributed by atoms with Crippen LogP contribution in [0.2, 0.25) is 0 Å². The predicted molar refractivity (Wildman–Crippen MR) is 103 cm³/mol. The molecule has 2 nitrogen and oxygen atoms in total. The van der Waals surface area contributed by atoms with E-state index in [0.29, 0.717) is 5.92 Å². The number of hydrogen-bond acceptors (Lipinski definition) is 2. The van der Waals surface area contributed by atoms with Crippen molar-refractivity contribution >= 4 is 0 Å². The number of benzene rings is 2. The Morgan fingerprint density at radius 1 is 1.04 bits per heavy atom. The van der Waals surface area contributed by atoms with Gasteiger partial charge in [-0.25, -0.2) is 0 Å². The SMILES string of the molecule is NC1(CO)CC[C@H](c2ccc3c(c2)CCC(Cc2ccccc2)C3)C1. The highest BCUT2D eigenvalue weighted by Crippen LogP contribution is 2.40. The number of nitrogens with two attached hydrogens (primary N) is 1. The summed E-state index contributed by atoms with van der Waals surface area (Å²) in [6.45, 7) is 0.107. The first-order valence-electron chi connectivity index (χ1n) is 9.70. The lowest BCUT2D eigenvalue weighted by atomic mass is 9.79. The van der Waals surface area contributed by atoms with Crippen LogP contribution in [0.5, 0.6) is 0 Å². The summed E-state index contributed by atoms with van der Waals surface area (Å²) >= 11 is 0. The van der Waals surface area contributed by atoms with Crippen LogP contribution < -0.4 is 5.73 Å². The van der Waals surface area contributed by atoms with E-state index in [4.69, 9.17) is 5.73 Å². The number of rotatable bonds is 4. The van der Waals surface area contributed by atoms with Crippen LogP contribution in [0.25, 0.3) is 0 Å². The molecule has 0 aromatic heterocycles. The molecule has 1 fully saturated rings. The van der Waals surface area contributed by atoms with Gasteiger partial charge in [-0.15, -0.1) is 0 Å². The third kappa shape index (κ3) is 3.65. The smallest absolute Gasteiger partial charge is 0.0611 e. The van der Waals surface area contributed by atoms with Crippen molar-refractivity contribution in [1.29, 1.82) is 0 Å². The van der Waals surface area contributed by atoms with Crippen molar-refractivity contribution in [3.63, 3.8) is 0 Å². The van der Waals surface area contributed by atoms with Gasteiger partial charge in [0.25, 0.3) is 0 Å². The van der Waals surface area contributed by atoms with Gasteiger partial charge in [0, 0.05) is 5.54 Å². The molecular weight excluding hydrogens is 306 g/mol. The molecule has 2 aliphatic rings. The van der Waals surface area contributed by atoms with Crippen LogP contribution in [-0.4, -0.2) is 17.3 Å². The quantitative estimate of drug-likeness (QED) is 0.887. The molecule has 0 saturated heterocycles. The summed E-state index contributed by atoms with van der Waals surface area (Å²) in [6, 6.07) is 18.0. The number of aliphatic hydroxyl groups excluding tert-OH is 1. The summed E-state index contributed by atoms with van der Waals surface area (Å²) < 4.78 is 0. The van der Waals surface area contributed by atoms with Crippen molar-refractivity contribution in [2.24, 2.45) is 11.7 Å². The first kappa shape index (κ1) is 16.8. The van der Waals surface area contributed by atoms with Crippen LogP contribution in [0.4, 0.5) is 0 Å². The van der Waals surface area contributed by atoms with Gasteiger partial charge in [-0.2, -0.15) is 0 Å². The molecule has 25 heavy (non-hydrogen) atoms. The average molecular weight is 335 g/mol. The Morgan fingerprint density at radius 2 is 1.88 bits per heavy atom. The van der Waals surface area contributed by atoms with Gasteiger partial charge < -0.3 is 10.8 Å². The maximum atomic E-state index is 9.51. The van der Waals surface area contributed by atoms with Crippen LogP contribution in [0.3, 0.4) is 0 Å². The molecule has 3 atom stereocenters. The van der Waals surface area contributed by atoms with E-state index >= 15 is 0 Å². The van der Waals surface area contributed by atoms with Gasteiger partial charge in [0.15, 0.2) is 0 Å². The van der Waals surface area contributed by atoms with Crippen molar-refractivity contribution in [2.45, 2.75) is 56.4 Å². The van der Waals surface area contributed by atoms with E-state index in [1.165, 1.54) is 42.4 Å². The Balaban J connectivity index is 1.45. The van der Waals surface area contributed by atoms with E-state index in [0.717, 1.165) is 25.2 Å². The van der Waals surface area contributed by atoms with Crippen LogP contribution in [0.1, 0.15) is 53.9 Å². The molecule has 0 aliphatic heterocycles. The van der Waals surface area contributed by atoms with E-state index in [1.807, 2.05) is 0 Å². The van der Waals surface area contributed by atoms with E-state index in [1.54, 1.807) is 5.56 Å². The zero-order chi connectivity index (χ0) is 17.3. The lowest BCUT2D eigenvalue weighted by Gasteiger charge is -2.26. The van der Waals surface area contributed by atoms with Crippen molar-refractivity contribution < 1.29 is 5.11 Å². The van der Waals surface area contributed by atoms with Gasteiger partial charge in [0.05, 0.1) is 6.61 Å². The second-order valence-corrected chi connectivity index (χ2v) is 8.29.